The Bertz CT molecular complexity index is 1190. The van der Waals surface area contributed by atoms with E-state index in [0.717, 1.165) is 29.3 Å². The van der Waals surface area contributed by atoms with Gasteiger partial charge in [-0.1, -0.05) is 18.2 Å². The molecule has 0 unspecified atom stereocenters. The van der Waals surface area contributed by atoms with Crippen LogP contribution in [0.2, 0.25) is 0 Å². The lowest BCUT2D eigenvalue weighted by molar-refractivity contribution is -0.141. The number of rotatable bonds is 7. The second-order valence-electron chi connectivity index (χ2n) is 7.77. The number of sulfonamides is 1. The van der Waals surface area contributed by atoms with E-state index in [0.29, 0.717) is 12.0 Å². The number of hydrogen-bond acceptors (Lipinski definition) is 6. The average Bonchev–Trinajstić information content (AvgIpc) is 3.25. The maximum Gasteiger partial charge on any atom is 0.435 e. The molecule has 3 rings (SSSR count). The third kappa shape index (κ3) is 5.18. The van der Waals surface area contributed by atoms with Crippen molar-refractivity contribution in [2.24, 2.45) is 5.41 Å². The van der Waals surface area contributed by atoms with Crippen LogP contribution in [0.15, 0.2) is 53.5 Å². The quantitative estimate of drug-likeness (QED) is 0.554. The molecule has 0 bridgehead atoms. The molecule has 0 saturated heterocycles. The molecule has 0 aliphatic heterocycles. The van der Waals surface area contributed by atoms with E-state index in [1.165, 1.54) is 19.1 Å². The van der Waals surface area contributed by atoms with E-state index in [9.17, 15) is 36.6 Å². The summed E-state index contributed by atoms with van der Waals surface area (Å²) in [7, 11) is -4.36. The SMILES string of the molecule is CC(CO)(CO)C(=O)NS(=O)(=O)c1ccc(-n2nc(C(F)(F)F)cc2C2=CCCC=C2)cc1. The van der Waals surface area contributed by atoms with Crippen LogP contribution in [0.5, 0.6) is 0 Å². The highest BCUT2D eigenvalue weighted by Gasteiger charge is 2.36. The number of carbonyl (C=O) groups excluding carboxylic acids is 1. The smallest absolute Gasteiger partial charge is 0.395 e. The van der Waals surface area contributed by atoms with Gasteiger partial charge in [-0.05, 0) is 55.7 Å². The van der Waals surface area contributed by atoms with Gasteiger partial charge in [-0.25, -0.2) is 17.8 Å². The molecule has 8 nitrogen and oxygen atoms in total. The minimum absolute atomic E-state index is 0.182. The number of hydrogen-bond donors (Lipinski definition) is 3. The van der Waals surface area contributed by atoms with Crippen LogP contribution in [0.1, 0.15) is 31.2 Å². The number of carbonyl (C=O) groups is 1. The Labute approximate surface area is 188 Å². The minimum atomic E-state index is -4.67. The zero-order valence-corrected chi connectivity index (χ0v) is 18.3. The summed E-state index contributed by atoms with van der Waals surface area (Å²) in [6.07, 6.45) is 2.10. The van der Waals surface area contributed by atoms with Gasteiger partial charge in [0.25, 0.3) is 10.0 Å². The van der Waals surface area contributed by atoms with Crippen molar-refractivity contribution in [1.29, 1.82) is 0 Å². The number of amides is 1. The van der Waals surface area contributed by atoms with Crippen LogP contribution in [-0.2, 0) is 21.0 Å². The fourth-order valence-corrected chi connectivity index (χ4v) is 4.09. The molecule has 1 aliphatic rings. The zero-order chi connectivity index (χ0) is 24.4. The van der Waals surface area contributed by atoms with Crippen molar-refractivity contribution in [3.8, 4) is 5.69 Å². The summed E-state index contributed by atoms with van der Waals surface area (Å²) in [6, 6.07) is 5.69. The fraction of sp³-hybridized carbons (Fsp3) is 0.333. The van der Waals surface area contributed by atoms with Crippen molar-refractivity contribution >= 4 is 21.5 Å². The van der Waals surface area contributed by atoms with Crippen LogP contribution in [-0.4, -0.2) is 47.5 Å². The third-order valence-corrected chi connectivity index (χ3v) is 6.50. The lowest BCUT2D eigenvalue weighted by atomic mass is 9.92. The van der Waals surface area contributed by atoms with Crippen molar-refractivity contribution in [3.63, 3.8) is 0 Å². The molecule has 1 aromatic heterocycles. The molecule has 1 amide bonds. The number of aliphatic hydroxyl groups excluding tert-OH is 2. The molecule has 178 valence electrons. The maximum absolute atomic E-state index is 13.3. The molecule has 0 radical (unpaired) electrons. The van der Waals surface area contributed by atoms with Gasteiger partial charge in [0.2, 0.25) is 5.91 Å². The highest BCUT2D eigenvalue weighted by molar-refractivity contribution is 7.90. The van der Waals surface area contributed by atoms with Gasteiger partial charge in [0.05, 0.1) is 34.9 Å². The Morgan fingerprint density at radius 2 is 1.79 bits per heavy atom. The number of nitrogens with zero attached hydrogens (tertiary/aromatic N) is 2. The van der Waals surface area contributed by atoms with E-state index in [4.69, 9.17) is 0 Å². The van der Waals surface area contributed by atoms with E-state index in [1.54, 1.807) is 16.9 Å². The molecule has 1 heterocycles. The van der Waals surface area contributed by atoms with Crippen LogP contribution in [0.3, 0.4) is 0 Å². The predicted octanol–water partition coefficient (Wildman–Crippen LogP) is 2.42. The molecule has 0 spiro atoms. The normalized spacial score (nSPS) is 14.8. The Morgan fingerprint density at radius 1 is 1.15 bits per heavy atom. The van der Waals surface area contributed by atoms with Gasteiger partial charge in [-0.2, -0.15) is 18.3 Å². The summed E-state index contributed by atoms with van der Waals surface area (Å²) in [6.45, 7) is -0.373. The largest absolute Gasteiger partial charge is 0.435 e. The first-order valence-electron chi connectivity index (χ1n) is 9.85. The van der Waals surface area contributed by atoms with E-state index < -0.39 is 46.4 Å². The van der Waals surface area contributed by atoms with Crippen molar-refractivity contribution in [1.82, 2.24) is 14.5 Å². The number of nitrogens with one attached hydrogen (secondary N) is 1. The number of halogens is 3. The molecular formula is C21H22F3N3O5S. The fourth-order valence-electron chi connectivity index (χ4n) is 2.99. The number of aromatic nitrogens is 2. The average molecular weight is 485 g/mol. The summed E-state index contributed by atoms with van der Waals surface area (Å²) in [5.74, 6) is -1.10. The van der Waals surface area contributed by atoms with Crippen molar-refractivity contribution in [2.75, 3.05) is 13.2 Å². The lowest BCUT2D eigenvalue weighted by Gasteiger charge is -2.23. The Balaban J connectivity index is 1.96. The molecule has 33 heavy (non-hydrogen) atoms. The monoisotopic (exact) mass is 485 g/mol. The summed E-state index contributed by atoms with van der Waals surface area (Å²) < 4.78 is 67.8. The van der Waals surface area contributed by atoms with E-state index in [2.05, 4.69) is 5.10 Å². The van der Waals surface area contributed by atoms with E-state index >= 15 is 0 Å². The van der Waals surface area contributed by atoms with E-state index in [1.807, 2.05) is 6.08 Å². The molecular weight excluding hydrogens is 463 g/mol. The number of alkyl halides is 3. The predicted molar refractivity (Wildman–Crippen MR) is 113 cm³/mol. The van der Waals surface area contributed by atoms with Gasteiger partial charge < -0.3 is 10.2 Å². The Kier molecular flexibility index (Phi) is 6.82. The van der Waals surface area contributed by atoms with Crippen LogP contribution in [0.4, 0.5) is 13.2 Å². The second kappa shape index (κ2) is 9.12. The van der Waals surface area contributed by atoms with Gasteiger partial charge in [0.1, 0.15) is 0 Å². The first kappa shape index (κ1) is 24.7. The summed E-state index contributed by atoms with van der Waals surface area (Å²) in [5.41, 5.74) is -1.87. The van der Waals surface area contributed by atoms with Crippen LogP contribution in [0.25, 0.3) is 11.3 Å². The van der Waals surface area contributed by atoms with Crippen LogP contribution >= 0.6 is 0 Å². The molecule has 2 aromatic rings. The lowest BCUT2D eigenvalue weighted by Crippen LogP contribution is -2.46. The molecule has 12 heteroatoms. The van der Waals surface area contributed by atoms with Gasteiger partial charge in [-0.3, -0.25) is 4.79 Å². The molecule has 3 N–H and O–H groups in total. The summed E-state index contributed by atoms with van der Waals surface area (Å²) >= 11 is 0. The molecule has 0 fully saturated rings. The maximum atomic E-state index is 13.3. The highest BCUT2D eigenvalue weighted by atomic mass is 32.2. The standard InChI is InChI=1S/C21H22F3N3O5S/c1-20(12-28,13-29)19(30)26-33(31,32)16-9-7-15(8-10-16)27-17(14-5-3-2-4-6-14)11-18(25-27)21(22,23)24/h3,5-11,28-29H,2,4,12-13H2,1H3,(H,26,30). The van der Waals surface area contributed by atoms with Crippen molar-refractivity contribution in [3.05, 3.63) is 59.9 Å². The number of allylic oxidation sites excluding steroid dienone is 4. The van der Waals surface area contributed by atoms with Crippen LogP contribution < -0.4 is 4.72 Å². The Hall–Kier alpha value is -2.96. The van der Waals surface area contributed by atoms with Crippen molar-refractivity contribution in [2.45, 2.75) is 30.8 Å². The topological polar surface area (TPSA) is 122 Å². The third-order valence-electron chi connectivity index (χ3n) is 5.16. The number of aliphatic hydroxyl groups is 2. The molecule has 1 aliphatic carbocycles. The molecule has 0 atom stereocenters. The number of benzene rings is 1. The first-order chi connectivity index (χ1) is 15.4. The zero-order valence-electron chi connectivity index (χ0n) is 17.5. The van der Waals surface area contributed by atoms with Gasteiger partial charge in [0, 0.05) is 0 Å². The van der Waals surface area contributed by atoms with E-state index in [-0.39, 0.29) is 16.3 Å². The molecule has 1 aromatic carbocycles. The van der Waals surface area contributed by atoms with Crippen LogP contribution in [0, 0.1) is 5.41 Å². The van der Waals surface area contributed by atoms with Gasteiger partial charge >= 0.3 is 6.18 Å². The van der Waals surface area contributed by atoms with Gasteiger partial charge in [-0.15, -0.1) is 0 Å². The van der Waals surface area contributed by atoms with Crippen molar-refractivity contribution < 1.29 is 36.6 Å². The highest BCUT2D eigenvalue weighted by Crippen LogP contribution is 2.33. The molecule has 0 saturated carbocycles. The summed E-state index contributed by atoms with van der Waals surface area (Å²) in [4.78, 5) is 11.8. The second-order valence-corrected chi connectivity index (χ2v) is 9.45. The Morgan fingerprint density at radius 3 is 2.30 bits per heavy atom. The first-order valence-corrected chi connectivity index (χ1v) is 11.3. The minimum Gasteiger partial charge on any atom is -0.395 e. The van der Waals surface area contributed by atoms with Gasteiger partial charge in [0.15, 0.2) is 5.69 Å². The summed E-state index contributed by atoms with van der Waals surface area (Å²) in [5, 5.41) is 22.2.